The van der Waals surface area contributed by atoms with Gasteiger partial charge in [0.15, 0.2) is 0 Å². The standard InChI is InChI=1S/C4H8O3/c1-4(2)7-6-3-5/h3-4H,1-2H3. The molecule has 0 rings (SSSR count). The van der Waals surface area contributed by atoms with Gasteiger partial charge in [-0.15, -0.1) is 0 Å². The summed E-state index contributed by atoms with van der Waals surface area (Å²) in [5.74, 6) is 0. The van der Waals surface area contributed by atoms with E-state index in [0.29, 0.717) is 0 Å². The van der Waals surface area contributed by atoms with Crippen LogP contribution in [-0.4, -0.2) is 12.6 Å². The predicted molar refractivity (Wildman–Crippen MR) is 23.4 cm³/mol. The maximum atomic E-state index is 9.36. The van der Waals surface area contributed by atoms with E-state index in [1.165, 1.54) is 0 Å². The Bertz CT molecular complexity index is 50.9. The Morgan fingerprint density at radius 3 is 2.29 bits per heavy atom. The van der Waals surface area contributed by atoms with Crippen LogP contribution in [0.1, 0.15) is 13.8 Å². The first-order valence-electron chi connectivity index (χ1n) is 2.03. The lowest BCUT2D eigenvalue weighted by atomic mass is 10.5. The molecule has 0 aromatic carbocycles. The highest BCUT2D eigenvalue weighted by atomic mass is 17.2. The molecule has 0 aromatic heterocycles. The molecule has 0 aromatic rings. The Morgan fingerprint density at radius 2 is 2.14 bits per heavy atom. The molecule has 0 aliphatic rings. The number of carbonyl (C=O) groups excluding carboxylic acids is 1. The topological polar surface area (TPSA) is 35.5 Å². The highest BCUT2D eigenvalue weighted by Gasteiger charge is 1.88. The van der Waals surface area contributed by atoms with E-state index in [-0.39, 0.29) is 12.6 Å². The van der Waals surface area contributed by atoms with Crippen molar-refractivity contribution in [2.75, 3.05) is 0 Å². The smallest absolute Gasteiger partial charge is 0.302 e. The van der Waals surface area contributed by atoms with Gasteiger partial charge in [-0.3, -0.25) is 4.79 Å². The fraction of sp³-hybridized carbons (Fsp3) is 0.750. The predicted octanol–water partition coefficient (Wildman–Crippen LogP) is 0.499. The van der Waals surface area contributed by atoms with Crippen molar-refractivity contribution in [3.05, 3.63) is 0 Å². The second-order valence-corrected chi connectivity index (χ2v) is 1.34. The Hall–Kier alpha value is -0.570. The summed E-state index contributed by atoms with van der Waals surface area (Å²) in [6.07, 6.45) is -0.0507. The van der Waals surface area contributed by atoms with E-state index in [4.69, 9.17) is 0 Å². The summed E-state index contributed by atoms with van der Waals surface area (Å²) in [5.41, 5.74) is 0. The largest absolute Gasteiger partial charge is 0.330 e. The van der Waals surface area contributed by atoms with Crippen LogP contribution in [0.4, 0.5) is 0 Å². The molecule has 7 heavy (non-hydrogen) atoms. The van der Waals surface area contributed by atoms with Gasteiger partial charge in [0.2, 0.25) is 0 Å². The minimum Gasteiger partial charge on any atom is -0.302 e. The van der Waals surface area contributed by atoms with Gasteiger partial charge in [-0.2, -0.15) is 4.89 Å². The lowest BCUT2D eigenvalue weighted by Crippen LogP contribution is -2.01. The summed E-state index contributed by atoms with van der Waals surface area (Å²) in [5, 5.41) is 0. The third-order valence-electron chi connectivity index (χ3n) is 0.287. The summed E-state index contributed by atoms with van der Waals surface area (Å²) in [7, 11) is 0. The van der Waals surface area contributed by atoms with Gasteiger partial charge in [-0.25, -0.2) is 0 Å². The first kappa shape index (κ1) is 6.43. The van der Waals surface area contributed by atoms with Crippen LogP contribution >= 0.6 is 0 Å². The van der Waals surface area contributed by atoms with E-state index in [2.05, 4.69) is 9.78 Å². The van der Waals surface area contributed by atoms with E-state index in [9.17, 15) is 4.79 Å². The molecule has 0 fully saturated rings. The van der Waals surface area contributed by atoms with Gasteiger partial charge in [-0.1, -0.05) is 0 Å². The molecule has 0 bridgehead atoms. The van der Waals surface area contributed by atoms with Crippen molar-refractivity contribution in [2.24, 2.45) is 0 Å². The Labute approximate surface area is 42.2 Å². The molecule has 0 amide bonds. The zero-order chi connectivity index (χ0) is 5.70. The molecule has 0 aliphatic carbocycles. The van der Waals surface area contributed by atoms with Crippen LogP contribution in [0.3, 0.4) is 0 Å². The zero-order valence-electron chi connectivity index (χ0n) is 4.38. The van der Waals surface area contributed by atoms with Crippen molar-refractivity contribution in [1.82, 2.24) is 0 Å². The van der Waals surface area contributed by atoms with Gasteiger partial charge in [0.25, 0.3) is 0 Å². The molecule has 0 heterocycles. The molecule has 0 atom stereocenters. The van der Waals surface area contributed by atoms with E-state index >= 15 is 0 Å². The summed E-state index contributed by atoms with van der Waals surface area (Å²) >= 11 is 0. The SMILES string of the molecule is CC(C)OOC=O. The van der Waals surface area contributed by atoms with Crippen molar-refractivity contribution >= 4 is 6.47 Å². The van der Waals surface area contributed by atoms with Crippen molar-refractivity contribution in [2.45, 2.75) is 20.0 Å². The van der Waals surface area contributed by atoms with Gasteiger partial charge in [0.05, 0.1) is 6.10 Å². The van der Waals surface area contributed by atoms with Crippen LogP contribution in [0.25, 0.3) is 0 Å². The normalized spacial score (nSPS) is 9.00. The summed E-state index contributed by atoms with van der Waals surface area (Å²) in [6.45, 7) is 3.78. The van der Waals surface area contributed by atoms with Crippen LogP contribution in [-0.2, 0) is 14.6 Å². The molecule has 0 radical (unpaired) electrons. The summed E-state index contributed by atoms with van der Waals surface area (Å²) < 4.78 is 0. The van der Waals surface area contributed by atoms with Crippen LogP contribution in [0.5, 0.6) is 0 Å². The van der Waals surface area contributed by atoms with E-state index in [1.54, 1.807) is 13.8 Å². The van der Waals surface area contributed by atoms with Gasteiger partial charge in [-0.05, 0) is 13.8 Å². The summed E-state index contributed by atoms with van der Waals surface area (Å²) in [6, 6.07) is 0. The van der Waals surface area contributed by atoms with Crippen LogP contribution in [0, 0.1) is 0 Å². The minimum absolute atomic E-state index is 0.0507. The maximum absolute atomic E-state index is 9.36. The van der Waals surface area contributed by atoms with Crippen molar-refractivity contribution in [3.63, 3.8) is 0 Å². The Morgan fingerprint density at radius 1 is 1.57 bits per heavy atom. The fourth-order valence-electron chi connectivity index (χ4n) is 0.134. The molecular formula is C4H8O3. The Balaban J connectivity index is 2.81. The molecule has 0 spiro atoms. The molecule has 3 heteroatoms. The lowest BCUT2D eigenvalue weighted by Gasteiger charge is -1.98. The number of rotatable bonds is 3. The van der Waals surface area contributed by atoms with Crippen LogP contribution in [0.15, 0.2) is 0 Å². The fourth-order valence-corrected chi connectivity index (χ4v) is 0.134. The molecule has 0 N–H and O–H groups in total. The molecule has 0 saturated carbocycles. The minimum atomic E-state index is -0.0507. The van der Waals surface area contributed by atoms with E-state index in [1.807, 2.05) is 0 Å². The molecule has 0 saturated heterocycles. The number of carbonyl (C=O) groups is 1. The highest BCUT2D eigenvalue weighted by Crippen LogP contribution is 1.84. The van der Waals surface area contributed by atoms with Crippen LogP contribution in [0.2, 0.25) is 0 Å². The molecule has 0 aliphatic heterocycles. The average Bonchev–Trinajstić information content (AvgIpc) is 1.61. The first-order chi connectivity index (χ1) is 3.27. The maximum Gasteiger partial charge on any atom is 0.330 e. The average molecular weight is 104 g/mol. The van der Waals surface area contributed by atoms with Gasteiger partial charge in [0.1, 0.15) is 0 Å². The third kappa shape index (κ3) is 5.43. The van der Waals surface area contributed by atoms with Gasteiger partial charge < -0.3 is 4.89 Å². The quantitative estimate of drug-likeness (QED) is 0.297. The third-order valence-corrected chi connectivity index (χ3v) is 0.287. The van der Waals surface area contributed by atoms with Gasteiger partial charge >= 0.3 is 6.47 Å². The van der Waals surface area contributed by atoms with Crippen molar-refractivity contribution < 1.29 is 14.6 Å². The molecular weight excluding hydrogens is 96.0 g/mol. The van der Waals surface area contributed by atoms with Crippen molar-refractivity contribution in [3.8, 4) is 0 Å². The second-order valence-electron chi connectivity index (χ2n) is 1.34. The summed E-state index contributed by atoms with van der Waals surface area (Å²) in [4.78, 5) is 17.6. The number of hydrogen-bond acceptors (Lipinski definition) is 3. The number of hydrogen-bond donors (Lipinski definition) is 0. The molecule has 42 valence electrons. The first-order valence-corrected chi connectivity index (χ1v) is 2.03. The van der Waals surface area contributed by atoms with Crippen molar-refractivity contribution in [1.29, 1.82) is 0 Å². The molecule has 3 nitrogen and oxygen atoms in total. The van der Waals surface area contributed by atoms with E-state index in [0.717, 1.165) is 0 Å². The zero-order valence-corrected chi connectivity index (χ0v) is 4.38. The van der Waals surface area contributed by atoms with Crippen LogP contribution < -0.4 is 0 Å². The lowest BCUT2D eigenvalue weighted by molar-refractivity contribution is -0.279. The monoisotopic (exact) mass is 104 g/mol. The Kier molecular flexibility index (Phi) is 3.32. The highest BCUT2D eigenvalue weighted by molar-refractivity contribution is 5.35. The second kappa shape index (κ2) is 3.61. The molecule has 0 unspecified atom stereocenters. The van der Waals surface area contributed by atoms with E-state index < -0.39 is 0 Å². The van der Waals surface area contributed by atoms with Gasteiger partial charge in [0, 0.05) is 0 Å².